The van der Waals surface area contributed by atoms with Gasteiger partial charge in [0, 0.05) is 13.1 Å². The van der Waals surface area contributed by atoms with E-state index in [2.05, 4.69) is 22.0 Å². The summed E-state index contributed by atoms with van der Waals surface area (Å²) in [5.74, 6) is 1.08. The third-order valence-corrected chi connectivity index (χ3v) is 2.83. The summed E-state index contributed by atoms with van der Waals surface area (Å²) in [5, 5.41) is 3.94. The van der Waals surface area contributed by atoms with Crippen LogP contribution in [0.25, 0.3) is 0 Å². The molecule has 1 saturated heterocycles. The van der Waals surface area contributed by atoms with Crippen LogP contribution in [0.15, 0.2) is 4.52 Å². The van der Waals surface area contributed by atoms with E-state index in [1.54, 1.807) is 0 Å². The Morgan fingerprint density at radius 3 is 3.06 bits per heavy atom. The standard InChI is InChI=1S/C11H20N4O2/c1-3-4-15-5-6-16-9(7-15)10-13-11(8(2)12)17-14-10/h8-9H,3-7,12H2,1-2H3/t8-,9?/m0/s1. The summed E-state index contributed by atoms with van der Waals surface area (Å²) < 4.78 is 10.8. The maximum absolute atomic E-state index is 5.68. The minimum absolute atomic E-state index is 0.0912. The first-order valence-electron chi connectivity index (χ1n) is 6.13. The number of nitrogens with two attached hydrogens (primary N) is 1. The lowest BCUT2D eigenvalue weighted by atomic mass is 10.2. The van der Waals surface area contributed by atoms with E-state index < -0.39 is 0 Å². The Kier molecular flexibility index (Phi) is 4.09. The highest BCUT2D eigenvalue weighted by atomic mass is 16.5. The molecule has 0 aromatic carbocycles. The molecule has 96 valence electrons. The summed E-state index contributed by atoms with van der Waals surface area (Å²) >= 11 is 0. The largest absolute Gasteiger partial charge is 0.367 e. The maximum Gasteiger partial charge on any atom is 0.243 e. The van der Waals surface area contributed by atoms with E-state index in [0.717, 1.165) is 26.1 Å². The van der Waals surface area contributed by atoms with Gasteiger partial charge in [0.25, 0.3) is 0 Å². The van der Waals surface area contributed by atoms with Crippen molar-refractivity contribution in [1.29, 1.82) is 0 Å². The molecule has 0 bridgehead atoms. The van der Waals surface area contributed by atoms with Crippen LogP contribution in [0.4, 0.5) is 0 Å². The molecule has 1 aliphatic rings. The van der Waals surface area contributed by atoms with Gasteiger partial charge in [-0.1, -0.05) is 12.1 Å². The lowest BCUT2D eigenvalue weighted by Gasteiger charge is -2.30. The van der Waals surface area contributed by atoms with Crippen molar-refractivity contribution in [2.45, 2.75) is 32.4 Å². The first-order chi connectivity index (χ1) is 8.20. The summed E-state index contributed by atoms with van der Waals surface area (Å²) in [4.78, 5) is 6.63. The van der Waals surface area contributed by atoms with Crippen molar-refractivity contribution in [2.24, 2.45) is 5.73 Å². The van der Waals surface area contributed by atoms with Gasteiger partial charge in [0.05, 0.1) is 12.6 Å². The second-order valence-corrected chi connectivity index (χ2v) is 4.44. The Labute approximate surface area is 101 Å². The summed E-state index contributed by atoms with van der Waals surface area (Å²) in [6.45, 7) is 7.59. The van der Waals surface area contributed by atoms with Crippen molar-refractivity contribution in [3.63, 3.8) is 0 Å². The molecule has 0 amide bonds. The first kappa shape index (κ1) is 12.5. The average molecular weight is 240 g/mol. The number of ether oxygens (including phenoxy) is 1. The highest BCUT2D eigenvalue weighted by Crippen LogP contribution is 2.20. The molecular formula is C11H20N4O2. The van der Waals surface area contributed by atoms with Gasteiger partial charge in [0.2, 0.25) is 11.7 Å². The van der Waals surface area contributed by atoms with E-state index in [1.807, 2.05) is 6.92 Å². The molecule has 0 spiro atoms. The normalized spacial score (nSPS) is 23.8. The van der Waals surface area contributed by atoms with Gasteiger partial charge in [-0.15, -0.1) is 0 Å². The summed E-state index contributed by atoms with van der Waals surface area (Å²) in [5.41, 5.74) is 5.68. The lowest BCUT2D eigenvalue weighted by Crippen LogP contribution is -2.39. The van der Waals surface area contributed by atoms with Crippen molar-refractivity contribution in [1.82, 2.24) is 15.0 Å². The van der Waals surface area contributed by atoms with Crippen molar-refractivity contribution >= 4 is 0 Å². The molecule has 1 aromatic rings. The van der Waals surface area contributed by atoms with Crippen LogP contribution in [0.3, 0.4) is 0 Å². The van der Waals surface area contributed by atoms with Gasteiger partial charge in [0.1, 0.15) is 6.10 Å². The van der Waals surface area contributed by atoms with Crippen molar-refractivity contribution in [3.8, 4) is 0 Å². The first-order valence-corrected chi connectivity index (χ1v) is 6.13. The number of rotatable bonds is 4. The number of hydrogen-bond donors (Lipinski definition) is 1. The second-order valence-electron chi connectivity index (χ2n) is 4.44. The van der Waals surface area contributed by atoms with Crippen LogP contribution in [-0.4, -0.2) is 41.3 Å². The van der Waals surface area contributed by atoms with Crippen LogP contribution < -0.4 is 5.73 Å². The average Bonchev–Trinajstić information content (AvgIpc) is 2.79. The molecule has 2 atom stereocenters. The fraction of sp³-hybridized carbons (Fsp3) is 0.818. The van der Waals surface area contributed by atoms with Gasteiger partial charge in [-0.05, 0) is 19.9 Å². The van der Waals surface area contributed by atoms with E-state index in [0.29, 0.717) is 18.3 Å². The third-order valence-electron chi connectivity index (χ3n) is 2.83. The minimum atomic E-state index is -0.230. The van der Waals surface area contributed by atoms with Crippen LogP contribution in [-0.2, 0) is 4.74 Å². The molecule has 1 aliphatic heterocycles. The Hall–Kier alpha value is -0.980. The van der Waals surface area contributed by atoms with Gasteiger partial charge < -0.3 is 15.0 Å². The van der Waals surface area contributed by atoms with Gasteiger partial charge in [-0.2, -0.15) is 4.98 Å². The monoisotopic (exact) mass is 240 g/mol. The van der Waals surface area contributed by atoms with Crippen molar-refractivity contribution in [3.05, 3.63) is 11.7 Å². The zero-order valence-electron chi connectivity index (χ0n) is 10.4. The van der Waals surface area contributed by atoms with Gasteiger partial charge in [-0.25, -0.2) is 0 Å². The van der Waals surface area contributed by atoms with Gasteiger partial charge in [-0.3, -0.25) is 4.90 Å². The van der Waals surface area contributed by atoms with Crippen molar-refractivity contribution < 1.29 is 9.26 Å². The number of aromatic nitrogens is 2. The summed E-state index contributed by atoms with van der Waals surface area (Å²) in [6.07, 6.45) is 1.05. The third kappa shape index (κ3) is 3.02. The molecule has 2 N–H and O–H groups in total. The van der Waals surface area contributed by atoms with Crippen LogP contribution in [0.5, 0.6) is 0 Å². The summed E-state index contributed by atoms with van der Waals surface area (Å²) in [7, 11) is 0. The van der Waals surface area contributed by atoms with Crippen LogP contribution in [0, 0.1) is 0 Å². The van der Waals surface area contributed by atoms with Crippen LogP contribution >= 0.6 is 0 Å². The quantitative estimate of drug-likeness (QED) is 0.841. The predicted molar refractivity (Wildman–Crippen MR) is 62.3 cm³/mol. The molecule has 2 rings (SSSR count). The topological polar surface area (TPSA) is 77.4 Å². The van der Waals surface area contributed by atoms with Gasteiger partial charge in [0.15, 0.2) is 0 Å². The minimum Gasteiger partial charge on any atom is -0.367 e. The Morgan fingerprint density at radius 1 is 1.59 bits per heavy atom. The molecule has 1 fully saturated rings. The number of morpholine rings is 1. The van der Waals surface area contributed by atoms with E-state index in [4.69, 9.17) is 15.0 Å². The molecule has 2 heterocycles. The highest BCUT2D eigenvalue weighted by molar-refractivity contribution is 4.96. The Morgan fingerprint density at radius 2 is 2.41 bits per heavy atom. The zero-order valence-corrected chi connectivity index (χ0v) is 10.4. The summed E-state index contributed by atoms with van der Waals surface area (Å²) in [6, 6.07) is -0.230. The van der Waals surface area contributed by atoms with E-state index in [9.17, 15) is 0 Å². The Bertz CT molecular complexity index is 351. The molecule has 0 saturated carbocycles. The molecule has 17 heavy (non-hydrogen) atoms. The molecule has 1 unspecified atom stereocenters. The van der Waals surface area contributed by atoms with Crippen LogP contribution in [0.1, 0.15) is 44.1 Å². The number of hydrogen-bond acceptors (Lipinski definition) is 6. The van der Waals surface area contributed by atoms with E-state index >= 15 is 0 Å². The molecule has 6 heteroatoms. The molecular weight excluding hydrogens is 220 g/mol. The molecule has 0 aliphatic carbocycles. The highest BCUT2D eigenvalue weighted by Gasteiger charge is 2.26. The van der Waals surface area contributed by atoms with E-state index in [1.165, 1.54) is 0 Å². The van der Waals surface area contributed by atoms with E-state index in [-0.39, 0.29) is 12.1 Å². The fourth-order valence-electron chi connectivity index (χ4n) is 1.94. The fourth-order valence-corrected chi connectivity index (χ4v) is 1.94. The number of nitrogens with zero attached hydrogens (tertiary/aromatic N) is 3. The van der Waals surface area contributed by atoms with Gasteiger partial charge >= 0.3 is 0 Å². The molecule has 1 aromatic heterocycles. The van der Waals surface area contributed by atoms with Crippen LogP contribution in [0.2, 0.25) is 0 Å². The molecule has 6 nitrogen and oxygen atoms in total. The Balaban J connectivity index is 2.00. The predicted octanol–water partition coefficient (Wildman–Crippen LogP) is 0.873. The zero-order chi connectivity index (χ0) is 12.3. The SMILES string of the molecule is CCCN1CCOC(c2noc([C@H](C)N)n2)C1. The molecule has 0 radical (unpaired) electrons. The lowest BCUT2D eigenvalue weighted by molar-refractivity contribution is -0.0350. The maximum atomic E-state index is 5.68. The smallest absolute Gasteiger partial charge is 0.243 e. The second kappa shape index (κ2) is 5.57. The van der Waals surface area contributed by atoms with Crippen molar-refractivity contribution in [2.75, 3.05) is 26.2 Å².